The average Bonchev–Trinajstić information content (AvgIpc) is 2.57. The molecule has 1 aliphatic rings. The van der Waals surface area contributed by atoms with Gasteiger partial charge < -0.3 is 14.8 Å². The fraction of sp³-hybridized carbons (Fsp3) is 0.889. The lowest BCUT2D eigenvalue weighted by molar-refractivity contribution is -0.145. The normalized spacial score (nSPS) is 21.8. The van der Waals surface area contributed by atoms with Crippen molar-refractivity contribution in [2.45, 2.75) is 12.8 Å². The van der Waals surface area contributed by atoms with Gasteiger partial charge in [-0.3, -0.25) is 4.79 Å². The summed E-state index contributed by atoms with van der Waals surface area (Å²) in [5.41, 5.74) is 0. The summed E-state index contributed by atoms with van der Waals surface area (Å²) in [5.74, 6) is 0.362. The third kappa shape index (κ3) is 4.24. The minimum Gasteiger partial charge on any atom is -0.463 e. The van der Waals surface area contributed by atoms with E-state index in [2.05, 4.69) is 5.32 Å². The van der Waals surface area contributed by atoms with Gasteiger partial charge in [0, 0.05) is 13.5 Å². The zero-order chi connectivity index (χ0) is 9.52. The predicted molar refractivity (Wildman–Crippen MR) is 48.4 cm³/mol. The molecule has 0 radical (unpaired) electrons. The summed E-state index contributed by atoms with van der Waals surface area (Å²) in [6.45, 7) is 2.82. The van der Waals surface area contributed by atoms with Crippen LogP contribution in [-0.4, -0.2) is 39.4 Å². The van der Waals surface area contributed by atoms with Crippen molar-refractivity contribution in [1.29, 1.82) is 0 Å². The Hall–Kier alpha value is -0.610. The highest BCUT2D eigenvalue weighted by Crippen LogP contribution is 2.12. The van der Waals surface area contributed by atoms with E-state index in [1.165, 1.54) is 0 Å². The van der Waals surface area contributed by atoms with Gasteiger partial charge in [-0.1, -0.05) is 0 Å². The highest BCUT2D eigenvalue weighted by molar-refractivity contribution is 5.69. The number of carbonyl (C=O) groups excluding carboxylic acids is 1. The third-order valence-electron chi connectivity index (χ3n) is 2.17. The van der Waals surface area contributed by atoms with E-state index < -0.39 is 0 Å². The summed E-state index contributed by atoms with van der Waals surface area (Å²) in [6, 6.07) is 0. The molecular weight excluding hydrogens is 170 g/mol. The second-order valence-corrected chi connectivity index (χ2v) is 3.28. The van der Waals surface area contributed by atoms with E-state index in [1.54, 1.807) is 7.11 Å². The average molecular weight is 187 g/mol. The molecule has 1 unspecified atom stereocenters. The summed E-state index contributed by atoms with van der Waals surface area (Å²) in [5, 5.41) is 3.21. The van der Waals surface area contributed by atoms with Gasteiger partial charge in [0.15, 0.2) is 0 Å². The van der Waals surface area contributed by atoms with Crippen LogP contribution in [0.3, 0.4) is 0 Å². The van der Waals surface area contributed by atoms with Crippen LogP contribution < -0.4 is 5.32 Å². The molecule has 1 N–H and O–H groups in total. The zero-order valence-electron chi connectivity index (χ0n) is 8.04. The van der Waals surface area contributed by atoms with Crippen LogP contribution in [0.1, 0.15) is 12.8 Å². The minimum absolute atomic E-state index is 0.106. The van der Waals surface area contributed by atoms with Crippen molar-refractivity contribution in [1.82, 2.24) is 5.32 Å². The van der Waals surface area contributed by atoms with Gasteiger partial charge in [-0.25, -0.2) is 0 Å². The number of nitrogens with one attached hydrogen (secondary N) is 1. The number of methoxy groups -OCH3 is 1. The SMILES string of the molecule is COCCOC(=O)CC1CCNC1. The lowest BCUT2D eigenvalue weighted by Crippen LogP contribution is -2.16. The Morgan fingerprint density at radius 2 is 2.38 bits per heavy atom. The Bertz CT molecular complexity index is 155. The molecule has 1 atom stereocenters. The first-order valence-electron chi connectivity index (χ1n) is 4.68. The van der Waals surface area contributed by atoms with E-state index >= 15 is 0 Å². The molecular formula is C9H17NO3. The standard InChI is InChI=1S/C9H17NO3/c1-12-4-5-13-9(11)6-8-2-3-10-7-8/h8,10H,2-7H2,1H3. The molecule has 1 fully saturated rings. The van der Waals surface area contributed by atoms with Crippen LogP contribution in [0.25, 0.3) is 0 Å². The molecule has 4 nitrogen and oxygen atoms in total. The molecule has 1 rings (SSSR count). The fourth-order valence-corrected chi connectivity index (χ4v) is 1.42. The third-order valence-corrected chi connectivity index (χ3v) is 2.17. The maximum Gasteiger partial charge on any atom is 0.306 e. The molecule has 1 heterocycles. The Labute approximate surface area is 78.6 Å². The molecule has 0 aromatic heterocycles. The van der Waals surface area contributed by atoms with E-state index in [0.717, 1.165) is 19.5 Å². The van der Waals surface area contributed by atoms with Crippen molar-refractivity contribution in [3.63, 3.8) is 0 Å². The predicted octanol–water partition coefficient (Wildman–Crippen LogP) is 0.176. The van der Waals surface area contributed by atoms with Crippen molar-refractivity contribution in [2.75, 3.05) is 33.4 Å². The summed E-state index contributed by atoms with van der Waals surface area (Å²) in [7, 11) is 1.59. The monoisotopic (exact) mass is 187 g/mol. The maximum atomic E-state index is 11.2. The molecule has 0 spiro atoms. The smallest absolute Gasteiger partial charge is 0.306 e. The van der Waals surface area contributed by atoms with Gasteiger partial charge in [0.1, 0.15) is 6.61 Å². The first kappa shape index (κ1) is 10.5. The van der Waals surface area contributed by atoms with Gasteiger partial charge >= 0.3 is 5.97 Å². The molecule has 13 heavy (non-hydrogen) atoms. The van der Waals surface area contributed by atoms with Gasteiger partial charge in [0.05, 0.1) is 6.61 Å². The van der Waals surface area contributed by atoms with Crippen molar-refractivity contribution in [3.8, 4) is 0 Å². The lowest BCUT2D eigenvalue weighted by atomic mass is 10.1. The quantitative estimate of drug-likeness (QED) is 0.492. The van der Waals surface area contributed by atoms with Gasteiger partial charge in [-0.2, -0.15) is 0 Å². The summed E-state index contributed by atoms with van der Waals surface area (Å²) < 4.78 is 9.73. The molecule has 0 aliphatic carbocycles. The molecule has 4 heteroatoms. The Kier molecular flexibility index (Phi) is 4.78. The molecule has 1 saturated heterocycles. The number of esters is 1. The largest absolute Gasteiger partial charge is 0.463 e. The van der Waals surface area contributed by atoms with Crippen LogP contribution in [0.4, 0.5) is 0 Å². The summed E-state index contributed by atoms with van der Waals surface area (Å²) in [4.78, 5) is 11.2. The van der Waals surface area contributed by atoms with Crippen LogP contribution in [0.5, 0.6) is 0 Å². The van der Waals surface area contributed by atoms with Gasteiger partial charge in [-0.15, -0.1) is 0 Å². The Morgan fingerprint density at radius 1 is 1.54 bits per heavy atom. The second-order valence-electron chi connectivity index (χ2n) is 3.28. The van der Waals surface area contributed by atoms with Crippen molar-refractivity contribution in [2.24, 2.45) is 5.92 Å². The molecule has 76 valence electrons. The molecule has 0 aromatic rings. The van der Waals surface area contributed by atoms with E-state index in [-0.39, 0.29) is 5.97 Å². The first-order valence-corrected chi connectivity index (χ1v) is 4.68. The second kappa shape index (κ2) is 5.94. The molecule has 1 aliphatic heterocycles. The number of carbonyl (C=O) groups is 1. The van der Waals surface area contributed by atoms with Crippen LogP contribution in [-0.2, 0) is 14.3 Å². The number of hydrogen-bond acceptors (Lipinski definition) is 4. The Balaban J connectivity index is 2.02. The molecule has 0 amide bonds. The Morgan fingerprint density at radius 3 is 3.00 bits per heavy atom. The number of hydrogen-bond donors (Lipinski definition) is 1. The lowest BCUT2D eigenvalue weighted by Gasteiger charge is -2.07. The van der Waals surface area contributed by atoms with E-state index in [4.69, 9.17) is 9.47 Å². The van der Waals surface area contributed by atoms with E-state index in [9.17, 15) is 4.79 Å². The highest BCUT2D eigenvalue weighted by Gasteiger charge is 2.18. The van der Waals surface area contributed by atoms with E-state index in [0.29, 0.717) is 25.6 Å². The highest BCUT2D eigenvalue weighted by atomic mass is 16.6. The van der Waals surface area contributed by atoms with Gasteiger partial charge in [-0.05, 0) is 25.4 Å². The van der Waals surface area contributed by atoms with Crippen LogP contribution >= 0.6 is 0 Å². The maximum absolute atomic E-state index is 11.2. The van der Waals surface area contributed by atoms with Gasteiger partial charge in [0.2, 0.25) is 0 Å². The summed E-state index contributed by atoms with van der Waals surface area (Å²) in [6.07, 6.45) is 1.62. The van der Waals surface area contributed by atoms with Gasteiger partial charge in [0.25, 0.3) is 0 Å². The van der Waals surface area contributed by atoms with Crippen molar-refractivity contribution in [3.05, 3.63) is 0 Å². The van der Waals surface area contributed by atoms with Crippen LogP contribution in [0.2, 0.25) is 0 Å². The molecule has 0 aromatic carbocycles. The van der Waals surface area contributed by atoms with Crippen molar-refractivity contribution < 1.29 is 14.3 Å². The molecule has 0 bridgehead atoms. The molecule has 0 saturated carbocycles. The summed E-state index contributed by atoms with van der Waals surface area (Å²) >= 11 is 0. The van der Waals surface area contributed by atoms with Crippen molar-refractivity contribution >= 4 is 5.97 Å². The number of rotatable bonds is 5. The number of ether oxygens (including phenoxy) is 2. The van der Waals surface area contributed by atoms with Crippen LogP contribution in [0.15, 0.2) is 0 Å². The minimum atomic E-state index is -0.106. The van der Waals surface area contributed by atoms with Crippen LogP contribution in [0, 0.1) is 5.92 Å². The van der Waals surface area contributed by atoms with E-state index in [1.807, 2.05) is 0 Å². The zero-order valence-corrected chi connectivity index (χ0v) is 8.04. The fourth-order valence-electron chi connectivity index (χ4n) is 1.42. The first-order chi connectivity index (χ1) is 6.33. The topological polar surface area (TPSA) is 47.6 Å².